The molecular formula is C11H18O2. The highest BCUT2D eigenvalue weighted by molar-refractivity contribution is 5.72. The smallest absolute Gasteiger partial charge is 0.309 e. The monoisotopic (exact) mass is 182 g/mol. The number of rotatable bonds is 2. The number of ether oxygens (including phenoxy) is 1. The fourth-order valence-corrected chi connectivity index (χ4v) is 1.68. The van der Waals surface area contributed by atoms with Crippen LogP contribution in [0.1, 0.15) is 44.9 Å². The van der Waals surface area contributed by atoms with E-state index in [1.807, 2.05) is 0 Å². The Kier molecular flexibility index (Phi) is 4.58. The molecule has 0 radical (unpaired) electrons. The van der Waals surface area contributed by atoms with E-state index in [1.165, 1.54) is 38.4 Å². The minimum atomic E-state index is -0.105. The molecule has 1 rings (SSSR count). The van der Waals surface area contributed by atoms with Gasteiger partial charge in [-0.15, -0.1) is 0 Å². The number of hydrogen-bond donors (Lipinski definition) is 0. The summed E-state index contributed by atoms with van der Waals surface area (Å²) in [7, 11) is 1.45. The molecule has 0 saturated carbocycles. The Hall–Kier alpha value is -0.790. The molecule has 0 unspecified atom stereocenters. The summed E-state index contributed by atoms with van der Waals surface area (Å²) in [6, 6.07) is 0. The summed E-state index contributed by atoms with van der Waals surface area (Å²) >= 11 is 0. The fraction of sp³-hybridized carbons (Fsp3) is 0.727. The SMILES string of the molecule is COC(=O)CC1=CCCCCCC1. The molecule has 0 saturated heterocycles. The lowest BCUT2D eigenvalue weighted by atomic mass is 9.98. The first kappa shape index (κ1) is 10.3. The molecule has 0 aromatic rings. The molecule has 2 nitrogen and oxygen atoms in total. The van der Waals surface area contributed by atoms with Crippen molar-refractivity contribution in [2.24, 2.45) is 0 Å². The van der Waals surface area contributed by atoms with Crippen LogP contribution in [0.15, 0.2) is 11.6 Å². The first-order valence-corrected chi connectivity index (χ1v) is 5.07. The van der Waals surface area contributed by atoms with E-state index < -0.39 is 0 Å². The molecule has 0 aromatic heterocycles. The number of esters is 1. The number of hydrogen-bond acceptors (Lipinski definition) is 2. The number of methoxy groups -OCH3 is 1. The van der Waals surface area contributed by atoms with Gasteiger partial charge in [-0.2, -0.15) is 0 Å². The molecule has 1 aliphatic rings. The van der Waals surface area contributed by atoms with E-state index in [4.69, 9.17) is 0 Å². The van der Waals surface area contributed by atoms with Gasteiger partial charge >= 0.3 is 5.97 Å². The van der Waals surface area contributed by atoms with Crippen LogP contribution >= 0.6 is 0 Å². The second-order valence-corrected chi connectivity index (χ2v) is 3.57. The largest absolute Gasteiger partial charge is 0.469 e. The van der Waals surface area contributed by atoms with Gasteiger partial charge in [-0.1, -0.05) is 24.5 Å². The van der Waals surface area contributed by atoms with Gasteiger partial charge in [-0.25, -0.2) is 0 Å². The maximum Gasteiger partial charge on any atom is 0.309 e. The van der Waals surface area contributed by atoms with Gasteiger partial charge < -0.3 is 4.74 Å². The highest BCUT2D eigenvalue weighted by Crippen LogP contribution is 2.19. The van der Waals surface area contributed by atoms with Gasteiger partial charge in [-0.3, -0.25) is 4.79 Å². The van der Waals surface area contributed by atoms with Gasteiger partial charge in [0.1, 0.15) is 0 Å². The number of carbonyl (C=O) groups is 1. The minimum Gasteiger partial charge on any atom is -0.469 e. The third-order valence-electron chi connectivity index (χ3n) is 2.48. The highest BCUT2D eigenvalue weighted by atomic mass is 16.5. The molecule has 0 N–H and O–H groups in total. The van der Waals surface area contributed by atoms with Crippen LogP contribution in [0, 0.1) is 0 Å². The summed E-state index contributed by atoms with van der Waals surface area (Å²) in [5.41, 5.74) is 1.27. The zero-order valence-electron chi connectivity index (χ0n) is 8.34. The molecule has 0 spiro atoms. The minimum absolute atomic E-state index is 0.105. The maximum atomic E-state index is 11.0. The van der Waals surface area contributed by atoms with E-state index in [0.29, 0.717) is 6.42 Å². The molecule has 0 aliphatic heterocycles. The lowest BCUT2D eigenvalue weighted by Gasteiger charge is -2.09. The first-order chi connectivity index (χ1) is 6.33. The third kappa shape index (κ3) is 4.11. The molecule has 2 heteroatoms. The van der Waals surface area contributed by atoms with Gasteiger partial charge in [0.15, 0.2) is 0 Å². The van der Waals surface area contributed by atoms with Crippen molar-refractivity contribution < 1.29 is 9.53 Å². The molecule has 0 heterocycles. The Labute approximate surface area is 80.0 Å². The zero-order chi connectivity index (χ0) is 9.52. The first-order valence-electron chi connectivity index (χ1n) is 5.07. The fourth-order valence-electron chi connectivity index (χ4n) is 1.68. The summed E-state index contributed by atoms with van der Waals surface area (Å²) in [4.78, 5) is 11.0. The van der Waals surface area contributed by atoms with Crippen molar-refractivity contribution in [1.82, 2.24) is 0 Å². The molecule has 1 aliphatic carbocycles. The summed E-state index contributed by atoms with van der Waals surface area (Å²) < 4.78 is 4.65. The highest BCUT2D eigenvalue weighted by Gasteiger charge is 2.07. The Morgan fingerprint density at radius 2 is 2.15 bits per heavy atom. The predicted octanol–water partition coefficient (Wildman–Crippen LogP) is 2.83. The van der Waals surface area contributed by atoms with Crippen molar-refractivity contribution in [2.75, 3.05) is 7.11 Å². The standard InChI is InChI=1S/C11H18O2/c1-13-11(12)9-10-7-5-3-2-4-6-8-10/h7H,2-6,8-9H2,1H3. The van der Waals surface area contributed by atoms with Crippen molar-refractivity contribution in [1.29, 1.82) is 0 Å². The van der Waals surface area contributed by atoms with E-state index in [1.54, 1.807) is 0 Å². The topological polar surface area (TPSA) is 26.3 Å². The molecule has 0 bridgehead atoms. The van der Waals surface area contributed by atoms with E-state index in [0.717, 1.165) is 12.8 Å². The van der Waals surface area contributed by atoms with Gasteiger partial charge in [0, 0.05) is 0 Å². The normalized spacial score (nSPS) is 18.4. The van der Waals surface area contributed by atoms with Crippen LogP contribution in [0.25, 0.3) is 0 Å². The average molecular weight is 182 g/mol. The van der Waals surface area contributed by atoms with Crippen LogP contribution < -0.4 is 0 Å². The lowest BCUT2D eigenvalue weighted by molar-refractivity contribution is -0.139. The van der Waals surface area contributed by atoms with Crippen molar-refractivity contribution in [3.63, 3.8) is 0 Å². The second-order valence-electron chi connectivity index (χ2n) is 3.57. The molecule has 74 valence electrons. The quantitative estimate of drug-likeness (QED) is 0.485. The van der Waals surface area contributed by atoms with Crippen molar-refractivity contribution in [3.05, 3.63) is 11.6 Å². The summed E-state index contributed by atoms with van der Waals surface area (Å²) in [6.07, 6.45) is 10.1. The molecule has 0 aromatic carbocycles. The van der Waals surface area contributed by atoms with E-state index >= 15 is 0 Å². The number of allylic oxidation sites excluding steroid dienone is 1. The van der Waals surface area contributed by atoms with Crippen molar-refractivity contribution >= 4 is 5.97 Å². The summed E-state index contributed by atoms with van der Waals surface area (Å²) in [5.74, 6) is -0.105. The Morgan fingerprint density at radius 3 is 2.92 bits per heavy atom. The molecule has 0 amide bonds. The van der Waals surface area contributed by atoms with Gasteiger partial charge in [0.2, 0.25) is 0 Å². The average Bonchev–Trinajstić information content (AvgIpc) is 2.09. The van der Waals surface area contributed by atoms with Crippen molar-refractivity contribution in [2.45, 2.75) is 44.9 Å². The lowest BCUT2D eigenvalue weighted by Crippen LogP contribution is -2.02. The Morgan fingerprint density at radius 1 is 1.38 bits per heavy atom. The second kappa shape index (κ2) is 5.79. The Bertz CT molecular complexity index is 194. The third-order valence-corrected chi connectivity index (χ3v) is 2.48. The maximum absolute atomic E-state index is 11.0. The van der Waals surface area contributed by atoms with E-state index in [2.05, 4.69) is 10.8 Å². The summed E-state index contributed by atoms with van der Waals surface area (Å²) in [6.45, 7) is 0. The van der Waals surface area contributed by atoms with Crippen LogP contribution in [-0.2, 0) is 9.53 Å². The van der Waals surface area contributed by atoms with E-state index in [9.17, 15) is 4.79 Å². The Balaban J connectivity index is 2.40. The summed E-state index contributed by atoms with van der Waals surface area (Å²) in [5, 5.41) is 0. The van der Waals surface area contributed by atoms with Crippen LogP contribution in [-0.4, -0.2) is 13.1 Å². The molecule has 0 fully saturated rings. The molecule has 13 heavy (non-hydrogen) atoms. The van der Waals surface area contributed by atoms with Gasteiger partial charge in [0.25, 0.3) is 0 Å². The molecular weight excluding hydrogens is 164 g/mol. The van der Waals surface area contributed by atoms with Gasteiger partial charge in [0.05, 0.1) is 13.5 Å². The van der Waals surface area contributed by atoms with Crippen LogP contribution in [0.4, 0.5) is 0 Å². The van der Waals surface area contributed by atoms with Crippen LogP contribution in [0.5, 0.6) is 0 Å². The predicted molar refractivity (Wildman–Crippen MR) is 52.4 cm³/mol. The van der Waals surface area contributed by atoms with Crippen molar-refractivity contribution in [3.8, 4) is 0 Å². The zero-order valence-corrected chi connectivity index (χ0v) is 8.34. The number of carbonyl (C=O) groups excluding carboxylic acids is 1. The molecule has 0 atom stereocenters. The van der Waals surface area contributed by atoms with Crippen LogP contribution in [0.3, 0.4) is 0 Å². The van der Waals surface area contributed by atoms with E-state index in [-0.39, 0.29) is 5.97 Å². The van der Waals surface area contributed by atoms with Gasteiger partial charge in [-0.05, 0) is 25.7 Å². The van der Waals surface area contributed by atoms with Crippen LogP contribution in [0.2, 0.25) is 0 Å².